The Labute approximate surface area is 383 Å². The van der Waals surface area contributed by atoms with Gasteiger partial charge in [0.15, 0.2) is 0 Å². The van der Waals surface area contributed by atoms with Crippen LogP contribution in [0.2, 0.25) is 0 Å². The summed E-state index contributed by atoms with van der Waals surface area (Å²) < 4.78 is 26.1. The third kappa shape index (κ3) is 13.3. The van der Waals surface area contributed by atoms with Crippen molar-refractivity contribution in [3.63, 3.8) is 0 Å². The van der Waals surface area contributed by atoms with Gasteiger partial charge in [0.1, 0.15) is 55.5 Å². The zero-order chi connectivity index (χ0) is 46.0. The number of aryl methyl sites for hydroxylation is 2. The van der Waals surface area contributed by atoms with Gasteiger partial charge in [0, 0.05) is 85.4 Å². The molecule has 0 spiro atoms. The number of nitrogens with one attached hydrogen (secondary N) is 2. The Morgan fingerprint density at radius 2 is 1.03 bits per heavy atom. The second kappa shape index (κ2) is 24.5. The topological polar surface area (TPSA) is 177 Å². The Hall–Kier alpha value is -6.49. The first-order chi connectivity index (χ1) is 31.7. The van der Waals surface area contributed by atoms with Crippen LogP contribution in [0.4, 0.5) is 5.69 Å². The van der Waals surface area contributed by atoms with E-state index in [0.717, 1.165) is 104 Å². The van der Waals surface area contributed by atoms with Crippen molar-refractivity contribution in [2.24, 2.45) is 0 Å². The van der Waals surface area contributed by atoms with E-state index in [1.165, 1.54) is 6.20 Å². The molecular weight excluding hydrogens is 817 g/mol. The number of aliphatic hydroxyl groups is 2. The maximum atomic E-state index is 9.44. The van der Waals surface area contributed by atoms with Crippen molar-refractivity contribution in [2.75, 3.05) is 32.0 Å². The van der Waals surface area contributed by atoms with Crippen molar-refractivity contribution in [1.29, 1.82) is 5.26 Å². The third-order valence-corrected chi connectivity index (χ3v) is 11.2. The Morgan fingerprint density at radius 3 is 1.49 bits per heavy atom. The molecule has 6 aromatic rings. The van der Waals surface area contributed by atoms with Crippen LogP contribution in [0.25, 0.3) is 11.1 Å². The van der Waals surface area contributed by atoms with Crippen molar-refractivity contribution < 1.29 is 29.2 Å². The fraction of sp³-hybridized carbons (Fsp3) is 0.340. The summed E-state index contributed by atoms with van der Waals surface area (Å²) in [4.78, 5) is 8.40. The van der Waals surface area contributed by atoms with Crippen LogP contribution in [-0.2, 0) is 52.4 Å². The first-order valence-corrected chi connectivity index (χ1v) is 22.4. The van der Waals surface area contributed by atoms with Crippen LogP contribution in [-0.4, -0.2) is 46.5 Å². The molecule has 0 saturated carbocycles. The van der Waals surface area contributed by atoms with Crippen molar-refractivity contribution in [1.82, 2.24) is 20.6 Å². The molecule has 4 aromatic carbocycles. The number of nitriles is 1. The van der Waals surface area contributed by atoms with E-state index in [4.69, 9.17) is 24.7 Å². The molecule has 0 unspecified atom stereocenters. The van der Waals surface area contributed by atoms with Gasteiger partial charge in [-0.25, -0.2) is 0 Å². The maximum Gasteiger partial charge on any atom is 0.128 e. The van der Waals surface area contributed by atoms with Gasteiger partial charge < -0.3 is 45.5 Å². The highest BCUT2D eigenvalue weighted by atomic mass is 16.5. The predicted molar refractivity (Wildman–Crippen MR) is 255 cm³/mol. The van der Waals surface area contributed by atoms with Gasteiger partial charge in [-0.15, -0.1) is 0 Å². The highest BCUT2D eigenvalue weighted by molar-refractivity contribution is 5.72. The van der Waals surface area contributed by atoms with Gasteiger partial charge in [0.25, 0.3) is 0 Å². The number of hydrogen-bond acceptors (Lipinski definition) is 12. The first-order valence-electron chi connectivity index (χ1n) is 22.4. The third-order valence-electron chi connectivity index (χ3n) is 11.2. The monoisotopic (exact) mass is 878 g/mol. The standard InChI is InChI=1S/C53H62N6O6/c1-5-9-41-21-45(29-56-15-17-60)52(62-32-39-19-38(25-54)26-58-27-39)23-50(41)64-34-43-11-7-13-48(36(43)3)49-14-8-12-44(37(49)4)35-65-51-24-53(63-33-40-20-47(55)31-59-28-40)46(30-57-16-18-61)22-42(51)10-6-2/h7-8,11-14,19-24,26-28,31,56-57,60-61H,5-6,9-10,15-18,29-30,32-35,55H2,1-4H3. The molecule has 0 radical (unpaired) electrons. The molecule has 0 aliphatic carbocycles. The summed E-state index contributed by atoms with van der Waals surface area (Å²) in [6.07, 6.45) is 10.1. The number of ether oxygens (including phenoxy) is 4. The average Bonchev–Trinajstić information content (AvgIpc) is 3.31. The molecule has 12 nitrogen and oxygen atoms in total. The van der Waals surface area contributed by atoms with E-state index in [1.807, 2.05) is 18.2 Å². The van der Waals surface area contributed by atoms with Gasteiger partial charge in [-0.3, -0.25) is 9.97 Å². The minimum Gasteiger partial charge on any atom is -0.488 e. The van der Waals surface area contributed by atoms with E-state index in [1.54, 1.807) is 24.7 Å². The number of aliphatic hydroxyl groups excluding tert-OH is 2. The maximum absolute atomic E-state index is 9.44. The molecule has 0 aliphatic rings. The minimum atomic E-state index is 0.0319. The van der Waals surface area contributed by atoms with Gasteiger partial charge in [-0.05, 0) is 95.5 Å². The van der Waals surface area contributed by atoms with Crippen molar-refractivity contribution in [3.05, 3.63) is 159 Å². The van der Waals surface area contributed by atoms with E-state index < -0.39 is 0 Å². The van der Waals surface area contributed by atoms with Gasteiger partial charge in [0.05, 0.1) is 24.5 Å². The van der Waals surface area contributed by atoms with Crippen molar-refractivity contribution in [3.8, 4) is 40.2 Å². The lowest BCUT2D eigenvalue weighted by molar-refractivity contribution is 0.281. The summed E-state index contributed by atoms with van der Waals surface area (Å²) in [6.45, 7) is 11.9. The number of pyridine rings is 2. The Balaban J connectivity index is 1.23. The Bertz CT molecular complexity index is 2540. The largest absolute Gasteiger partial charge is 0.488 e. The molecule has 12 heteroatoms. The molecule has 0 bridgehead atoms. The van der Waals surface area contributed by atoms with Crippen molar-refractivity contribution in [2.45, 2.75) is 92.9 Å². The fourth-order valence-electron chi connectivity index (χ4n) is 7.77. The van der Waals surface area contributed by atoms with Gasteiger partial charge in [-0.1, -0.05) is 63.1 Å². The van der Waals surface area contributed by atoms with E-state index in [-0.39, 0.29) is 19.8 Å². The first kappa shape index (κ1) is 48.0. The van der Waals surface area contributed by atoms with Crippen LogP contribution in [0, 0.1) is 25.2 Å². The van der Waals surface area contributed by atoms with Crippen molar-refractivity contribution >= 4 is 5.69 Å². The van der Waals surface area contributed by atoms with E-state index >= 15 is 0 Å². The zero-order valence-electron chi connectivity index (χ0n) is 38.1. The van der Waals surface area contributed by atoms with E-state index in [9.17, 15) is 15.5 Å². The van der Waals surface area contributed by atoms with Crippen LogP contribution >= 0.6 is 0 Å². The number of anilines is 1. The molecule has 65 heavy (non-hydrogen) atoms. The zero-order valence-corrected chi connectivity index (χ0v) is 38.1. The molecule has 0 saturated heterocycles. The molecule has 0 amide bonds. The minimum absolute atomic E-state index is 0.0319. The number of rotatable bonds is 25. The summed E-state index contributed by atoms with van der Waals surface area (Å²) in [5.41, 5.74) is 19.5. The molecule has 0 fully saturated rings. The molecule has 0 atom stereocenters. The molecule has 2 heterocycles. The lowest BCUT2D eigenvalue weighted by Gasteiger charge is -2.20. The van der Waals surface area contributed by atoms with Gasteiger partial charge in [0.2, 0.25) is 0 Å². The van der Waals surface area contributed by atoms with Crippen LogP contribution in [0.3, 0.4) is 0 Å². The van der Waals surface area contributed by atoms with Crippen LogP contribution in [0.5, 0.6) is 23.0 Å². The summed E-state index contributed by atoms with van der Waals surface area (Å²) >= 11 is 0. The average molecular weight is 879 g/mol. The summed E-state index contributed by atoms with van der Waals surface area (Å²) in [5, 5.41) is 34.8. The molecule has 0 aliphatic heterocycles. The van der Waals surface area contributed by atoms with Crippen LogP contribution in [0.15, 0.2) is 97.6 Å². The lowest BCUT2D eigenvalue weighted by Crippen LogP contribution is -2.18. The number of aromatic nitrogens is 2. The van der Waals surface area contributed by atoms with E-state index in [0.29, 0.717) is 68.7 Å². The molecule has 6 rings (SSSR count). The quantitative estimate of drug-likeness (QED) is 0.0347. The SMILES string of the molecule is CCCc1cc(CNCCO)c(OCc2cncc(N)c2)cc1OCc1cccc(-c2cccc(COc3cc(OCc4cncc(C#N)c4)c(CNCCO)cc3CCC)c2C)c1C. The Kier molecular flexibility index (Phi) is 18.1. The summed E-state index contributed by atoms with van der Waals surface area (Å²) in [5.74, 6) is 2.89. The number of hydrogen-bond donors (Lipinski definition) is 5. The lowest BCUT2D eigenvalue weighted by atomic mass is 9.91. The summed E-state index contributed by atoms with van der Waals surface area (Å²) in [7, 11) is 0. The molecule has 6 N–H and O–H groups in total. The van der Waals surface area contributed by atoms with E-state index in [2.05, 4.69) is 103 Å². The second-order valence-electron chi connectivity index (χ2n) is 16.1. The van der Waals surface area contributed by atoms with Gasteiger partial charge in [-0.2, -0.15) is 5.26 Å². The highest BCUT2D eigenvalue weighted by Gasteiger charge is 2.18. The molecule has 2 aromatic heterocycles. The highest BCUT2D eigenvalue weighted by Crippen LogP contribution is 2.36. The smallest absolute Gasteiger partial charge is 0.128 e. The second-order valence-corrected chi connectivity index (χ2v) is 16.1. The number of nitrogens with zero attached hydrogens (tertiary/aromatic N) is 3. The van der Waals surface area contributed by atoms with Crippen LogP contribution < -0.4 is 35.3 Å². The molecule has 340 valence electrons. The van der Waals surface area contributed by atoms with Crippen LogP contribution in [0.1, 0.15) is 87.9 Å². The summed E-state index contributed by atoms with van der Waals surface area (Å²) in [6, 6.07) is 26.7. The normalized spacial score (nSPS) is 11.0. The predicted octanol–water partition coefficient (Wildman–Crippen LogP) is 8.60. The molecular formula is C53H62N6O6. The number of nitrogens with two attached hydrogens (primary N) is 1. The fourth-order valence-corrected chi connectivity index (χ4v) is 7.77. The number of benzene rings is 4. The Morgan fingerprint density at radius 1 is 0.569 bits per heavy atom. The van der Waals surface area contributed by atoms with Gasteiger partial charge >= 0.3 is 0 Å². The number of nitrogen functional groups attached to an aromatic ring is 1.